The number of carbonyl (C=O) groups excluding carboxylic acids is 1. The summed E-state index contributed by atoms with van der Waals surface area (Å²) in [6.45, 7) is 0. The summed E-state index contributed by atoms with van der Waals surface area (Å²) in [6.07, 6.45) is 1.46. The third-order valence-corrected chi connectivity index (χ3v) is 2.79. The number of nitro groups is 1. The quantitative estimate of drug-likeness (QED) is 0.521. The Hall–Kier alpha value is -3.22. The Bertz CT molecular complexity index is 728. The second-order valence-corrected chi connectivity index (χ2v) is 4.28. The normalized spacial score (nSPS) is 10.4. The van der Waals surface area contributed by atoms with Gasteiger partial charge in [0.1, 0.15) is 5.75 Å². The summed E-state index contributed by atoms with van der Waals surface area (Å²) in [6, 6.07) is 12.6. The second-order valence-electron chi connectivity index (χ2n) is 4.28. The fourth-order valence-electron chi connectivity index (χ4n) is 1.71. The van der Waals surface area contributed by atoms with Gasteiger partial charge in [-0.05, 0) is 23.8 Å². The van der Waals surface area contributed by atoms with Crippen LogP contribution in [0.2, 0.25) is 0 Å². The molecule has 7 nitrogen and oxygen atoms in total. The van der Waals surface area contributed by atoms with E-state index >= 15 is 0 Å². The Balaban J connectivity index is 2.04. The van der Waals surface area contributed by atoms with Crippen LogP contribution in [0.5, 0.6) is 5.75 Å². The van der Waals surface area contributed by atoms with E-state index in [1.54, 1.807) is 31.4 Å². The van der Waals surface area contributed by atoms with Gasteiger partial charge in [0, 0.05) is 17.7 Å². The molecule has 2 rings (SSSR count). The van der Waals surface area contributed by atoms with Gasteiger partial charge >= 0.3 is 0 Å². The lowest BCUT2D eigenvalue weighted by atomic mass is 10.2. The van der Waals surface area contributed by atoms with Crippen LogP contribution in [0.25, 0.3) is 0 Å². The number of carbonyl (C=O) groups is 1. The number of methoxy groups -OCH3 is 1. The third-order valence-electron chi connectivity index (χ3n) is 2.79. The predicted octanol–water partition coefficient (Wildman–Crippen LogP) is 2.37. The van der Waals surface area contributed by atoms with Gasteiger partial charge in [-0.15, -0.1) is 0 Å². The maximum Gasteiger partial charge on any atom is 0.271 e. The molecule has 0 bridgehead atoms. The predicted molar refractivity (Wildman–Crippen MR) is 81.2 cm³/mol. The number of rotatable bonds is 5. The largest absolute Gasteiger partial charge is 0.497 e. The first-order valence-electron chi connectivity index (χ1n) is 6.32. The summed E-state index contributed by atoms with van der Waals surface area (Å²) in [5.41, 5.74) is 3.08. The lowest BCUT2D eigenvalue weighted by Crippen LogP contribution is -2.17. The standard InChI is InChI=1S/C15H13N3O4/c1-22-14-7-2-4-11(8-14)10-16-17-15(19)12-5-3-6-13(9-12)18(20)21/h2-10H,1H3,(H,17,19)/b16-10-. The van der Waals surface area contributed by atoms with Crippen LogP contribution in [0.15, 0.2) is 53.6 Å². The maximum atomic E-state index is 11.9. The number of hydrazone groups is 1. The van der Waals surface area contributed by atoms with Crippen LogP contribution in [0, 0.1) is 10.1 Å². The van der Waals surface area contributed by atoms with Crippen LogP contribution in [0.4, 0.5) is 5.69 Å². The maximum absolute atomic E-state index is 11.9. The van der Waals surface area contributed by atoms with Crippen molar-refractivity contribution in [2.75, 3.05) is 7.11 Å². The zero-order valence-electron chi connectivity index (χ0n) is 11.7. The molecule has 1 N–H and O–H groups in total. The van der Waals surface area contributed by atoms with Gasteiger partial charge in [0.25, 0.3) is 11.6 Å². The van der Waals surface area contributed by atoms with E-state index in [1.807, 2.05) is 0 Å². The van der Waals surface area contributed by atoms with Crippen molar-refractivity contribution in [3.8, 4) is 5.75 Å². The lowest BCUT2D eigenvalue weighted by molar-refractivity contribution is -0.384. The van der Waals surface area contributed by atoms with Crippen molar-refractivity contribution < 1.29 is 14.5 Å². The Kier molecular flexibility index (Phi) is 4.81. The first-order valence-corrected chi connectivity index (χ1v) is 6.32. The molecule has 22 heavy (non-hydrogen) atoms. The Morgan fingerprint density at radius 3 is 2.77 bits per heavy atom. The van der Waals surface area contributed by atoms with E-state index in [4.69, 9.17) is 4.74 Å². The van der Waals surface area contributed by atoms with Crippen LogP contribution in [0.3, 0.4) is 0 Å². The highest BCUT2D eigenvalue weighted by molar-refractivity contribution is 5.95. The number of ether oxygens (including phenoxy) is 1. The van der Waals surface area contributed by atoms with Gasteiger partial charge in [-0.3, -0.25) is 14.9 Å². The topological polar surface area (TPSA) is 93.8 Å². The molecule has 112 valence electrons. The van der Waals surface area contributed by atoms with Crippen molar-refractivity contribution in [2.24, 2.45) is 5.10 Å². The molecule has 0 unspecified atom stereocenters. The summed E-state index contributed by atoms with van der Waals surface area (Å²) in [7, 11) is 1.56. The molecule has 0 atom stereocenters. The van der Waals surface area contributed by atoms with Gasteiger partial charge in [-0.1, -0.05) is 18.2 Å². The minimum atomic E-state index is -0.559. The SMILES string of the molecule is COc1cccc(/C=N\NC(=O)c2cccc([N+](=O)[O-])c2)c1. The number of amides is 1. The van der Waals surface area contributed by atoms with Crippen molar-refractivity contribution in [3.63, 3.8) is 0 Å². The molecule has 0 aliphatic rings. The molecule has 0 aliphatic carbocycles. The van der Waals surface area contributed by atoms with E-state index < -0.39 is 10.8 Å². The fraction of sp³-hybridized carbons (Fsp3) is 0.0667. The van der Waals surface area contributed by atoms with E-state index in [-0.39, 0.29) is 11.3 Å². The van der Waals surface area contributed by atoms with E-state index in [0.29, 0.717) is 5.75 Å². The first kappa shape index (κ1) is 15.2. The number of nitro benzene ring substituents is 1. The van der Waals surface area contributed by atoms with Gasteiger partial charge < -0.3 is 4.74 Å². The van der Waals surface area contributed by atoms with Crippen molar-refractivity contribution in [2.45, 2.75) is 0 Å². The molecule has 7 heteroatoms. The van der Waals surface area contributed by atoms with E-state index in [0.717, 1.165) is 5.56 Å². The van der Waals surface area contributed by atoms with Crippen molar-refractivity contribution in [1.29, 1.82) is 0 Å². The highest BCUT2D eigenvalue weighted by atomic mass is 16.6. The molecule has 0 aromatic heterocycles. The highest BCUT2D eigenvalue weighted by Crippen LogP contribution is 2.13. The van der Waals surface area contributed by atoms with Crippen LogP contribution < -0.4 is 10.2 Å². The minimum Gasteiger partial charge on any atom is -0.497 e. The van der Waals surface area contributed by atoms with Gasteiger partial charge in [-0.2, -0.15) is 5.10 Å². The number of hydrogen-bond donors (Lipinski definition) is 1. The molecule has 0 saturated heterocycles. The van der Waals surface area contributed by atoms with Crippen LogP contribution in [-0.4, -0.2) is 24.2 Å². The second kappa shape index (κ2) is 6.98. The smallest absolute Gasteiger partial charge is 0.271 e. The van der Waals surface area contributed by atoms with Crippen LogP contribution in [0.1, 0.15) is 15.9 Å². The van der Waals surface area contributed by atoms with Gasteiger partial charge in [0.2, 0.25) is 0 Å². The van der Waals surface area contributed by atoms with E-state index in [1.165, 1.54) is 30.5 Å². The van der Waals surface area contributed by atoms with Crippen LogP contribution >= 0.6 is 0 Å². The van der Waals surface area contributed by atoms with Crippen molar-refractivity contribution >= 4 is 17.8 Å². The van der Waals surface area contributed by atoms with Crippen molar-refractivity contribution in [1.82, 2.24) is 5.43 Å². The van der Waals surface area contributed by atoms with E-state index in [2.05, 4.69) is 10.5 Å². The molecule has 2 aromatic rings. The zero-order chi connectivity index (χ0) is 15.9. The Labute approximate surface area is 126 Å². The Morgan fingerprint density at radius 1 is 1.27 bits per heavy atom. The summed E-state index contributed by atoms with van der Waals surface area (Å²) < 4.78 is 5.07. The summed E-state index contributed by atoms with van der Waals surface area (Å²) in [4.78, 5) is 22.0. The minimum absolute atomic E-state index is 0.149. The molecule has 0 radical (unpaired) electrons. The van der Waals surface area contributed by atoms with Crippen molar-refractivity contribution in [3.05, 3.63) is 69.8 Å². The summed E-state index contributed by atoms with van der Waals surface area (Å²) in [5.74, 6) is 0.150. The molecule has 0 aliphatic heterocycles. The van der Waals surface area contributed by atoms with Gasteiger partial charge in [0.15, 0.2) is 0 Å². The zero-order valence-corrected chi connectivity index (χ0v) is 11.7. The van der Waals surface area contributed by atoms with Crippen LogP contribution in [-0.2, 0) is 0 Å². The average Bonchev–Trinajstić information content (AvgIpc) is 2.55. The van der Waals surface area contributed by atoms with Gasteiger partial charge in [-0.25, -0.2) is 5.43 Å². The molecule has 0 spiro atoms. The number of hydrogen-bond acceptors (Lipinski definition) is 5. The summed E-state index contributed by atoms with van der Waals surface area (Å²) >= 11 is 0. The summed E-state index contributed by atoms with van der Waals surface area (Å²) in [5, 5.41) is 14.5. The van der Waals surface area contributed by atoms with E-state index in [9.17, 15) is 14.9 Å². The third kappa shape index (κ3) is 3.89. The molecule has 0 fully saturated rings. The average molecular weight is 299 g/mol. The van der Waals surface area contributed by atoms with Gasteiger partial charge in [0.05, 0.1) is 18.2 Å². The molecule has 2 aromatic carbocycles. The number of non-ortho nitro benzene ring substituents is 1. The first-order chi connectivity index (χ1) is 10.6. The molecule has 1 amide bonds. The number of benzene rings is 2. The molecule has 0 saturated carbocycles. The molecular formula is C15H13N3O4. The molecule has 0 heterocycles. The number of nitrogens with zero attached hydrogens (tertiary/aromatic N) is 2. The lowest BCUT2D eigenvalue weighted by Gasteiger charge is -2.01. The fourth-order valence-corrected chi connectivity index (χ4v) is 1.71. The molecular weight excluding hydrogens is 286 g/mol. The monoisotopic (exact) mass is 299 g/mol. The highest BCUT2D eigenvalue weighted by Gasteiger charge is 2.10. The Morgan fingerprint density at radius 2 is 2.05 bits per heavy atom. The number of nitrogens with one attached hydrogen (secondary N) is 1.